The second kappa shape index (κ2) is 7.14. The summed E-state index contributed by atoms with van der Waals surface area (Å²) < 4.78 is 0. The highest BCUT2D eigenvalue weighted by atomic mass is 16.4. The number of carbonyl (C=O) groups is 2. The Morgan fingerprint density at radius 1 is 1.29 bits per heavy atom. The van der Waals surface area contributed by atoms with Crippen LogP contribution in [0, 0.1) is 17.3 Å². The molecule has 5 heteroatoms. The largest absolute Gasteiger partial charge is 0.481 e. The predicted octanol–water partition coefficient (Wildman–Crippen LogP) is 2.95. The number of carbonyl (C=O) groups excluding carboxylic acids is 1. The molecule has 1 heterocycles. The van der Waals surface area contributed by atoms with Crippen molar-refractivity contribution in [2.45, 2.75) is 59.9 Å². The number of nitrogens with one attached hydrogen (secondary N) is 1. The number of rotatable bonds is 5. The molecule has 2 amide bonds. The number of aliphatic carboxylic acids is 1. The Bertz CT molecular complexity index is 374. The second-order valence-electron chi connectivity index (χ2n) is 7.61. The number of carboxylic acids is 1. The van der Waals surface area contributed by atoms with E-state index in [1.54, 1.807) is 4.90 Å². The summed E-state index contributed by atoms with van der Waals surface area (Å²) >= 11 is 0. The Kier molecular flexibility index (Phi) is 6.05. The molecule has 2 N–H and O–H groups in total. The van der Waals surface area contributed by atoms with Gasteiger partial charge in [0.15, 0.2) is 0 Å². The minimum Gasteiger partial charge on any atom is -0.481 e. The summed E-state index contributed by atoms with van der Waals surface area (Å²) in [7, 11) is 0. The van der Waals surface area contributed by atoms with E-state index in [1.807, 2.05) is 0 Å². The lowest BCUT2D eigenvalue weighted by Crippen LogP contribution is -2.49. The maximum absolute atomic E-state index is 12.3. The molecule has 1 saturated heterocycles. The maximum Gasteiger partial charge on any atom is 0.317 e. The molecule has 0 aliphatic carbocycles. The zero-order valence-electron chi connectivity index (χ0n) is 14.0. The van der Waals surface area contributed by atoms with Crippen molar-refractivity contribution in [1.82, 2.24) is 10.2 Å². The SMILES string of the molecule is CC(C)CCC(NC(=O)N1CCC(C(=O)O)C1)C(C)(C)C. The van der Waals surface area contributed by atoms with Gasteiger partial charge in [0.25, 0.3) is 0 Å². The average Bonchev–Trinajstić information content (AvgIpc) is 2.82. The van der Waals surface area contributed by atoms with Gasteiger partial charge in [0.1, 0.15) is 0 Å². The fraction of sp³-hybridized carbons (Fsp3) is 0.875. The molecule has 0 saturated carbocycles. The van der Waals surface area contributed by atoms with Crippen LogP contribution in [0.15, 0.2) is 0 Å². The van der Waals surface area contributed by atoms with Crippen LogP contribution in [0.25, 0.3) is 0 Å². The lowest BCUT2D eigenvalue weighted by Gasteiger charge is -2.33. The van der Waals surface area contributed by atoms with E-state index >= 15 is 0 Å². The second-order valence-corrected chi connectivity index (χ2v) is 7.61. The highest BCUT2D eigenvalue weighted by molar-refractivity contribution is 5.77. The molecule has 2 atom stereocenters. The number of nitrogens with zero attached hydrogens (tertiary/aromatic N) is 1. The number of likely N-dealkylation sites (tertiary alicyclic amines) is 1. The molecule has 5 nitrogen and oxygen atoms in total. The van der Waals surface area contributed by atoms with Crippen LogP contribution >= 0.6 is 0 Å². The fourth-order valence-electron chi connectivity index (χ4n) is 2.61. The summed E-state index contributed by atoms with van der Waals surface area (Å²) in [4.78, 5) is 24.9. The first-order valence-electron chi connectivity index (χ1n) is 7.89. The molecule has 1 rings (SSSR count). The molecule has 1 aliphatic rings. The molecule has 21 heavy (non-hydrogen) atoms. The van der Waals surface area contributed by atoms with Gasteiger partial charge >= 0.3 is 12.0 Å². The monoisotopic (exact) mass is 298 g/mol. The molecule has 2 unspecified atom stereocenters. The van der Waals surface area contributed by atoms with Gasteiger partial charge in [-0.1, -0.05) is 34.6 Å². The van der Waals surface area contributed by atoms with E-state index in [-0.39, 0.29) is 17.5 Å². The number of carboxylic acid groups (broad SMARTS) is 1. The van der Waals surface area contributed by atoms with E-state index in [0.717, 1.165) is 12.8 Å². The lowest BCUT2D eigenvalue weighted by molar-refractivity contribution is -0.141. The van der Waals surface area contributed by atoms with Crippen molar-refractivity contribution in [1.29, 1.82) is 0 Å². The van der Waals surface area contributed by atoms with Crippen LogP contribution in [-0.2, 0) is 4.79 Å². The van der Waals surface area contributed by atoms with Crippen LogP contribution in [0.2, 0.25) is 0 Å². The van der Waals surface area contributed by atoms with Crippen molar-refractivity contribution in [2.24, 2.45) is 17.3 Å². The third kappa shape index (κ3) is 5.56. The number of hydrogen-bond acceptors (Lipinski definition) is 2. The van der Waals surface area contributed by atoms with Crippen molar-refractivity contribution < 1.29 is 14.7 Å². The van der Waals surface area contributed by atoms with Gasteiger partial charge in [-0.2, -0.15) is 0 Å². The van der Waals surface area contributed by atoms with E-state index in [4.69, 9.17) is 5.11 Å². The Labute approximate surface area is 128 Å². The van der Waals surface area contributed by atoms with Crippen LogP contribution < -0.4 is 5.32 Å². The number of urea groups is 1. The molecule has 1 fully saturated rings. The van der Waals surface area contributed by atoms with Gasteiger partial charge in [0.2, 0.25) is 0 Å². The molecule has 122 valence electrons. The zero-order valence-corrected chi connectivity index (χ0v) is 14.0. The Hall–Kier alpha value is -1.26. The minimum atomic E-state index is -0.808. The van der Waals surface area contributed by atoms with Gasteiger partial charge in [-0.15, -0.1) is 0 Å². The summed E-state index contributed by atoms with van der Waals surface area (Å²) in [6, 6.07) is -0.0151. The molecule has 0 aromatic heterocycles. The quantitative estimate of drug-likeness (QED) is 0.820. The first kappa shape index (κ1) is 17.8. The Morgan fingerprint density at radius 2 is 1.90 bits per heavy atom. The topological polar surface area (TPSA) is 69.6 Å². The molecule has 1 aliphatic heterocycles. The standard InChI is InChI=1S/C16H30N2O3/c1-11(2)6-7-13(16(3,4)5)17-15(21)18-9-8-12(10-18)14(19)20/h11-13H,6-10H2,1-5H3,(H,17,21)(H,19,20). The van der Waals surface area contributed by atoms with Crippen LogP contribution in [0.5, 0.6) is 0 Å². The van der Waals surface area contributed by atoms with E-state index < -0.39 is 11.9 Å². The van der Waals surface area contributed by atoms with E-state index in [9.17, 15) is 9.59 Å². The van der Waals surface area contributed by atoms with Crippen molar-refractivity contribution in [2.75, 3.05) is 13.1 Å². The maximum atomic E-state index is 12.3. The zero-order chi connectivity index (χ0) is 16.2. The van der Waals surface area contributed by atoms with Gasteiger partial charge in [0.05, 0.1) is 5.92 Å². The number of hydrogen-bond donors (Lipinski definition) is 2. The van der Waals surface area contributed by atoms with Crippen molar-refractivity contribution in [3.63, 3.8) is 0 Å². The van der Waals surface area contributed by atoms with Crippen LogP contribution in [0.3, 0.4) is 0 Å². The number of amides is 2. The molecule has 0 bridgehead atoms. The predicted molar refractivity (Wildman–Crippen MR) is 83.2 cm³/mol. The van der Waals surface area contributed by atoms with Crippen LogP contribution in [-0.4, -0.2) is 41.1 Å². The van der Waals surface area contributed by atoms with Crippen molar-refractivity contribution in [3.8, 4) is 0 Å². The third-order valence-electron chi connectivity index (χ3n) is 4.20. The van der Waals surface area contributed by atoms with Gasteiger partial charge in [-0.05, 0) is 30.6 Å². The van der Waals surface area contributed by atoms with Gasteiger partial charge in [-0.3, -0.25) is 4.79 Å². The van der Waals surface area contributed by atoms with Crippen LogP contribution in [0.1, 0.15) is 53.9 Å². The van der Waals surface area contributed by atoms with Gasteiger partial charge < -0.3 is 15.3 Å². The Balaban J connectivity index is 2.58. The summed E-state index contributed by atoms with van der Waals surface area (Å²) in [5.41, 5.74) is -0.00350. The molecule has 0 spiro atoms. The first-order valence-corrected chi connectivity index (χ1v) is 7.89. The highest BCUT2D eigenvalue weighted by Gasteiger charge is 2.33. The smallest absolute Gasteiger partial charge is 0.317 e. The van der Waals surface area contributed by atoms with E-state index in [0.29, 0.717) is 25.4 Å². The van der Waals surface area contributed by atoms with Crippen molar-refractivity contribution in [3.05, 3.63) is 0 Å². The summed E-state index contributed by atoms with van der Waals surface area (Å²) in [5, 5.41) is 12.1. The molecule has 0 aromatic carbocycles. The molecular formula is C16H30N2O3. The van der Waals surface area contributed by atoms with Crippen molar-refractivity contribution >= 4 is 12.0 Å². The first-order chi connectivity index (χ1) is 9.61. The fourth-order valence-corrected chi connectivity index (χ4v) is 2.61. The molecular weight excluding hydrogens is 268 g/mol. The van der Waals surface area contributed by atoms with Gasteiger partial charge in [-0.25, -0.2) is 4.79 Å². The molecule has 0 aromatic rings. The van der Waals surface area contributed by atoms with Gasteiger partial charge in [0, 0.05) is 19.1 Å². The summed E-state index contributed by atoms with van der Waals surface area (Å²) in [6.45, 7) is 11.6. The van der Waals surface area contributed by atoms with E-state index in [1.165, 1.54) is 0 Å². The van der Waals surface area contributed by atoms with Crippen LogP contribution in [0.4, 0.5) is 4.79 Å². The molecule has 0 radical (unpaired) electrons. The minimum absolute atomic E-state index is 0.00350. The normalized spacial score (nSPS) is 20.7. The Morgan fingerprint density at radius 3 is 2.33 bits per heavy atom. The summed E-state index contributed by atoms with van der Waals surface area (Å²) in [6.07, 6.45) is 2.57. The lowest BCUT2D eigenvalue weighted by atomic mass is 9.83. The third-order valence-corrected chi connectivity index (χ3v) is 4.20. The summed E-state index contributed by atoms with van der Waals surface area (Å²) in [5.74, 6) is -0.619. The average molecular weight is 298 g/mol. The van der Waals surface area contributed by atoms with E-state index in [2.05, 4.69) is 39.9 Å². The highest BCUT2D eigenvalue weighted by Crippen LogP contribution is 2.25.